The Bertz CT molecular complexity index is 999. The van der Waals surface area contributed by atoms with E-state index in [-0.39, 0.29) is 51.3 Å². The molecular weight excluding hydrogens is 628 g/mol. The van der Waals surface area contributed by atoms with Gasteiger partial charge in [-0.1, -0.05) is 45.5 Å². The Balaban J connectivity index is 2.54. The van der Waals surface area contributed by atoms with Crippen molar-refractivity contribution in [2.75, 3.05) is 85.6 Å². The molecule has 1 heterocycles. The molecule has 1 aliphatic rings. The molecule has 1 aliphatic heterocycles. The number of ether oxygens (including phenoxy) is 4. The van der Waals surface area contributed by atoms with Crippen molar-refractivity contribution in [1.82, 2.24) is 20.4 Å². The molecule has 274 valence electrons. The number of carbonyl (C=O) groups is 5. The highest BCUT2D eigenvalue weighted by molar-refractivity contribution is 5.90. The molecule has 0 bridgehead atoms. The number of terminal acetylenes is 1. The third kappa shape index (κ3) is 19.5. The molecule has 1 fully saturated rings. The van der Waals surface area contributed by atoms with E-state index in [1.54, 1.807) is 4.90 Å². The number of piperazine rings is 1. The number of hydrogen-bond acceptors (Lipinski definition) is 10. The standard InChI is InChI=1S/C33H56N4O11/c1-4-7-9-27(32(41)42)34-29(38)24-26(31(40)35-28(33(43)44)10-8-5-2)25-36-12-14-37(15-13-36)30(39)11-17-46-19-21-48-23-22-47-20-18-45-16-6-3/h3,26-28H,4-5,7-25H2,1-2H3,(H,34,38)(H,35,40)(H,41,42)(H,43,44)/t26?,27-,28-/m0/s1. The van der Waals surface area contributed by atoms with Gasteiger partial charge in [-0.25, -0.2) is 9.59 Å². The molecule has 1 saturated heterocycles. The molecule has 0 aliphatic carbocycles. The van der Waals surface area contributed by atoms with Crippen LogP contribution in [0.1, 0.15) is 65.2 Å². The number of nitrogens with one attached hydrogen (secondary N) is 2. The maximum absolute atomic E-state index is 13.3. The van der Waals surface area contributed by atoms with Gasteiger partial charge in [0.05, 0.1) is 58.6 Å². The Morgan fingerprint density at radius 3 is 1.75 bits per heavy atom. The predicted octanol–water partition coefficient (Wildman–Crippen LogP) is 0.746. The van der Waals surface area contributed by atoms with Crippen molar-refractivity contribution >= 4 is 29.7 Å². The minimum atomic E-state index is -1.15. The molecule has 15 nitrogen and oxygen atoms in total. The van der Waals surface area contributed by atoms with Crippen molar-refractivity contribution < 1.29 is 53.1 Å². The molecule has 0 saturated carbocycles. The van der Waals surface area contributed by atoms with Crippen molar-refractivity contribution in [3.8, 4) is 12.3 Å². The lowest BCUT2D eigenvalue weighted by atomic mass is 10.00. The Kier molecular flexibility index (Phi) is 23.7. The summed E-state index contributed by atoms with van der Waals surface area (Å²) in [4.78, 5) is 66.0. The van der Waals surface area contributed by atoms with Crippen LogP contribution in [-0.4, -0.2) is 147 Å². The Morgan fingerprint density at radius 2 is 1.25 bits per heavy atom. The minimum absolute atomic E-state index is 0.0586. The first-order valence-corrected chi connectivity index (χ1v) is 16.9. The van der Waals surface area contributed by atoms with E-state index < -0.39 is 41.8 Å². The van der Waals surface area contributed by atoms with E-state index in [9.17, 15) is 34.2 Å². The number of carboxylic acid groups (broad SMARTS) is 2. The Morgan fingerprint density at radius 1 is 0.750 bits per heavy atom. The van der Waals surface area contributed by atoms with Crippen LogP contribution in [-0.2, 0) is 42.9 Å². The number of rotatable bonds is 28. The lowest BCUT2D eigenvalue weighted by Gasteiger charge is -2.36. The van der Waals surface area contributed by atoms with E-state index in [0.29, 0.717) is 78.7 Å². The second-order valence-electron chi connectivity index (χ2n) is 11.6. The van der Waals surface area contributed by atoms with Gasteiger partial charge < -0.3 is 44.7 Å². The zero-order valence-corrected chi connectivity index (χ0v) is 28.6. The first-order chi connectivity index (χ1) is 23.1. The first kappa shape index (κ1) is 42.7. The maximum Gasteiger partial charge on any atom is 0.326 e. The summed E-state index contributed by atoms with van der Waals surface area (Å²) in [5, 5.41) is 24.2. The van der Waals surface area contributed by atoms with Crippen LogP contribution < -0.4 is 10.6 Å². The summed E-state index contributed by atoms with van der Waals surface area (Å²) in [7, 11) is 0. The van der Waals surface area contributed by atoms with E-state index >= 15 is 0 Å². The fourth-order valence-electron chi connectivity index (χ4n) is 4.94. The Labute approximate surface area is 284 Å². The summed E-state index contributed by atoms with van der Waals surface area (Å²) in [5.74, 6) is -2.06. The smallest absolute Gasteiger partial charge is 0.326 e. The molecule has 48 heavy (non-hydrogen) atoms. The van der Waals surface area contributed by atoms with Gasteiger partial charge in [0.2, 0.25) is 17.7 Å². The predicted molar refractivity (Wildman–Crippen MR) is 176 cm³/mol. The molecule has 15 heteroatoms. The summed E-state index contributed by atoms with van der Waals surface area (Å²) in [5.41, 5.74) is 0. The average molecular weight is 685 g/mol. The van der Waals surface area contributed by atoms with Crippen molar-refractivity contribution in [1.29, 1.82) is 0 Å². The quantitative estimate of drug-likeness (QED) is 0.0669. The highest BCUT2D eigenvalue weighted by atomic mass is 16.6. The van der Waals surface area contributed by atoms with Crippen LogP contribution in [0.4, 0.5) is 0 Å². The highest BCUT2D eigenvalue weighted by Gasteiger charge is 2.31. The molecule has 4 N–H and O–H groups in total. The lowest BCUT2D eigenvalue weighted by molar-refractivity contribution is -0.144. The monoisotopic (exact) mass is 684 g/mol. The van der Waals surface area contributed by atoms with Crippen LogP contribution in [0.2, 0.25) is 0 Å². The number of carboxylic acids is 2. The van der Waals surface area contributed by atoms with Crippen LogP contribution >= 0.6 is 0 Å². The zero-order chi connectivity index (χ0) is 35.6. The molecule has 0 aromatic rings. The van der Waals surface area contributed by atoms with E-state index in [4.69, 9.17) is 25.4 Å². The fraction of sp³-hybridized carbons (Fsp3) is 0.788. The van der Waals surface area contributed by atoms with Gasteiger partial charge in [-0.05, 0) is 12.8 Å². The number of aliphatic carboxylic acids is 2. The number of hydrogen-bond donors (Lipinski definition) is 4. The second kappa shape index (κ2) is 26.6. The van der Waals surface area contributed by atoms with Gasteiger partial charge in [-0.15, -0.1) is 6.42 Å². The van der Waals surface area contributed by atoms with E-state index in [2.05, 4.69) is 16.6 Å². The van der Waals surface area contributed by atoms with Crippen LogP contribution in [0.25, 0.3) is 0 Å². The van der Waals surface area contributed by atoms with Gasteiger partial charge in [-0.2, -0.15) is 0 Å². The van der Waals surface area contributed by atoms with Crippen molar-refractivity contribution in [3.63, 3.8) is 0 Å². The van der Waals surface area contributed by atoms with Crippen molar-refractivity contribution in [2.45, 2.75) is 77.3 Å². The SMILES string of the molecule is C#CCOCCOCCOCCOCCC(=O)N1CCN(CC(CC(=O)N[C@@H](CCCC)C(=O)O)C(=O)N[C@@H](CCCC)C(=O)O)CC1. The van der Waals surface area contributed by atoms with Crippen LogP contribution in [0.3, 0.4) is 0 Å². The molecule has 0 aromatic heterocycles. The largest absolute Gasteiger partial charge is 0.480 e. The number of carbonyl (C=O) groups excluding carboxylic acids is 3. The number of amides is 3. The lowest BCUT2D eigenvalue weighted by Crippen LogP contribution is -2.53. The van der Waals surface area contributed by atoms with Crippen LogP contribution in [0.15, 0.2) is 0 Å². The molecule has 0 aromatic carbocycles. The normalized spacial score (nSPS) is 15.2. The third-order valence-electron chi connectivity index (χ3n) is 7.71. The molecule has 1 rings (SSSR count). The van der Waals surface area contributed by atoms with Gasteiger partial charge >= 0.3 is 11.9 Å². The van der Waals surface area contributed by atoms with Crippen molar-refractivity contribution in [3.05, 3.63) is 0 Å². The average Bonchev–Trinajstić information content (AvgIpc) is 3.06. The summed E-state index contributed by atoms with van der Waals surface area (Å²) in [6.45, 7) is 8.66. The summed E-state index contributed by atoms with van der Waals surface area (Å²) >= 11 is 0. The van der Waals surface area contributed by atoms with E-state index in [1.165, 1.54) is 0 Å². The van der Waals surface area contributed by atoms with E-state index in [0.717, 1.165) is 12.8 Å². The fourth-order valence-corrected chi connectivity index (χ4v) is 4.94. The molecule has 3 atom stereocenters. The number of nitrogens with zero attached hydrogens (tertiary/aromatic N) is 2. The third-order valence-corrected chi connectivity index (χ3v) is 7.71. The van der Waals surface area contributed by atoms with Gasteiger partial charge in [0.25, 0.3) is 0 Å². The van der Waals surface area contributed by atoms with Crippen molar-refractivity contribution in [2.24, 2.45) is 5.92 Å². The minimum Gasteiger partial charge on any atom is -0.480 e. The maximum atomic E-state index is 13.3. The number of unbranched alkanes of at least 4 members (excludes halogenated alkanes) is 2. The van der Waals surface area contributed by atoms with Gasteiger partial charge in [0.15, 0.2) is 0 Å². The van der Waals surface area contributed by atoms with Crippen LogP contribution in [0.5, 0.6) is 0 Å². The van der Waals surface area contributed by atoms with Gasteiger partial charge in [-0.3, -0.25) is 19.3 Å². The Hall–Kier alpha value is -3.29. The van der Waals surface area contributed by atoms with Gasteiger partial charge in [0.1, 0.15) is 18.7 Å². The topological polar surface area (TPSA) is 193 Å². The first-order valence-electron chi connectivity index (χ1n) is 16.9. The summed E-state index contributed by atoms with van der Waals surface area (Å²) in [6.07, 6.45) is 8.27. The molecule has 3 amide bonds. The highest BCUT2D eigenvalue weighted by Crippen LogP contribution is 2.13. The van der Waals surface area contributed by atoms with Crippen LogP contribution in [0, 0.1) is 18.3 Å². The van der Waals surface area contributed by atoms with E-state index in [1.807, 2.05) is 18.7 Å². The summed E-state index contributed by atoms with van der Waals surface area (Å²) < 4.78 is 21.4. The molecular formula is C33H56N4O11. The summed E-state index contributed by atoms with van der Waals surface area (Å²) in [6, 6.07) is -2.16. The van der Waals surface area contributed by atoms with Gasteiger partial charge in [0, 0.05) is 39.1 Å². The molecule has 0 radical (unpaired) electrons. The zero-order valence-electron chi connectivity index (χ0n) is 28.6. The molecule has 1 unspecified atom stereocenters. The second-order valence-corrected chi connectivity index (χ2v) is 11.6. The molecule has 0 spiro atoms.